The van der Waals surface area contributed by atoms with Crippen molar-refractivity contribution in [1.29, 1.82) is 0 Å². The number of aromatic nitrogens is 3. The Morgan fingerprint density at radius 1 is 1.09 bits per heavy atom. The summed E-state index contributed by atoms with van der Waals surface area (Å²) in [7, 11) is 1.59. The smallest absolute Gasteiger partial charge is 0.277 e. The van der Waals surface area contributed by atoms with Gasteiger partial charge in [-0.25, -0.2) is 0 Å². The van der Waals surface area contributed by atoms with Gasteiger partial charge in [0.25, 0.3) is 5.91 Å². The highest BCUT2D eigenvalue weighted by atomic mass is 16.5. The molecule has 1 heterocycles. The Morgan fingerprint density at radius 3 is 2.50 bits per heavy atom. The number of hydrogen-bond donors (Lipinski definition) is 1. The molecule has 0 radical (unpaired) electrons. The van der Waals surface area contributed by atoms with Gasteiger partial charge < -0.3 is 10.1 Å². The first kappa shape index (κ1) is 13.8. The SMILES string of the molecule is COc1ccc(NC(=O)c2cnn(-c3ccccc3)n2)cc1. The fourth-order valence-corrected chi connectivity index (χ4v) is 1.92. The van der Waals surface area contributed by atoms with Crippen LogP contribution >= 0.6 is 0 Å². The van der Waals surface area contributed by atoms with Gasteiger partial charge in [0.1, 0.15) is 5.75 Å². The van der Waals surface area contributed by atoms with E-state index in [-0.39, 0.29) is 11.6 Å². The lowest BCUT2D eigenvalue weighted by atomic mass is 10.3. The van der Waals surface area contributed by atoms with Crippen LogP contribution in [0, 0.1) is 0 Å². The summed E-state index contributed by atoms with van der Waals surface area (Å²) in [6.45, 7) is 0. The van der Waals surface area contributed by atoms with Crippen LogP contribution in [0.5, 0.6) is 5.75 Å². The first-order chi connectivity index (χ1) is 10.8. The van der Waals surface area contributed by atoms with Crippen molar-refractivity contribution >= 4 is 11.6 Å². The van der Waals surface area contributed by atoms with Crippen LogP contribution in [0.3, 0.4) is 0 Å². The molecule has 6 nitrogen and oxygen atoms in total. The molecule has 110 valence electrons. The van der Waals surface area contributed by atoms with Gasteiger partial charge in [0.05, 0.1) is 19.0 Å². The molecule has 0 aliphatic carbocycles. The normalized spacial score (nSPS) is 10.2. The lowest BCUT2D eigenvalue weighted by Gasteiger charge is -2.04. The number of ether oxygens (including phenoxy) is 1. The molecule has 0 aliphatic heterocycles. The fourth-order valence-electron chi connectivity index (χ4n) is 1.92. The highest BCUT2D eigenvalue weighted by Gasteiger charge is 2.11. The van der Waals surface area contributed by atoms with Crippen LogP contribution in [0.15, 0.2) is 60.8 Å². The Morgan fingerprint density at radius 2 is 1.82 bits per heavy atom. The lowest BCUT2D eigenvalue weighted by molar-refractivity contribution is 0.102. The minimum Gasteiger partial charge on any atom is -0.497 e. The molecule has 3 aromatic rings. The lowest BCUT2D eigenvalue weighted by Crippen LogP contribution is -2.13. The van der Waals surface area contributed by atoms with Gasteiger partial charge in [-0.1, -0.05) is 18.2 Å². The van der Waals surface area contributed by atoms with Crippen molar-refractivity contribution in [2.24, 2.45) is 0 Å². The topological polar surface area (TPSA) is 69.0 Å². The quantitative estimate of drug-likeness (QED) is 0.802. The van der Waals surface area contributed by atoms with Gasteiger partial charge in [-0.2, -0.15) is 9.90 Å². The van der Waals surface area contributed by atoms with Gasteiger partial charge in [-0.05, 0) is 36.4 Å². The predicted molar refractivity (Wildman–Crippen MR) is 82.3 cm³/mol. The standard InChI is InChI=1S/C16H14N4O2/c1-22-14-9-7-12(8-10-14)18-16(21)15-11-17-20(19-15)13-5-3-2-4-6-13/h2-11H,1H3,(H,18,21). The third-order valence-electron chi connectivity index (χ3n) is 3.06. The summed E-state index contributed by atoms with van der Waals surface area (Å²) in [4.78, 5) is 13.6. The van der Waals surface area contributed by atoms with Crippen molar-refractivity contribution in [3.63, 3.8) is 0 Å². The Balaban J connectivity index is 1.74. The number of rotatable bonds is 4. The molecule has 0 unspecified atom stereocenters. The largest absolute Gasteiger partial charge is 0.497 e. The number of para-hydroxylation sites is 1. The molecular weight excluding hydrogens is 280 g/mol. The second kappa shape index (κ2) is 6.09. The number of carbonyl (C=O) groups excluding carboxylic acids is 1. The summed E-state index contributed by atoms with van der Waals surface area (Å²) in [5.41, 5.74) is 1.71. The van der Waals surface area contributed by atoms with E-state index >= 15 is 0 Å². The number of anilines is 1. The van der Waals surface area contributed by atoms with E-state index in [2.05, 4.69) is 15.5 Å². The molecule has 1 aromatic heterocycles. The number of methoxy groups -OCH3 is 1. The van der Waals surface area contributed by atoms with E-state index in [1.807, 2.05) is 30.3 Å². The summed E-state index contributed by atoms with van der Waals surface area (Å²) in [5.74, 6) is 0.417. The monoisotopic (exact) mass is 294 g/mol. The van der Waals surface area contributed by atoms with E-state index in [9.17, 15) is 4.79 Å². The second-order valence-electron chi connectivity index (χ2n) is 4.54. The maximum Gasteiger partial charge on any atom is 0.277 e. The maximum atomic E-state index is 12.2. The van der Waals surface area contributed by atoms with E-state index in [1.54, 1.807) is 31.4 Å². The Labute approximate surface area is 127 Å². The molecule has 0 atom stereocenters. The zero-order valence-electron chi connectivity index (χ0n) is 11.9. The van der Waals surface area contributed by atoms with Crippen LogP contribution in [0.25, 0.3) is 5.69 Å². The Kier molecular flexibility index (Phi) is 3.82. The van der Waals surface area contributed by atoms with Crippen molar-refractivity contribution in [3.05, 3.63) is 66.5 Å². The second-order valence-corrected chi connectivity index (χ2v) is 4.54. The first-order valence-electron chi connectivity index (χ1n) is 6.69. The van der Waals surface area contributed by atoms with E-state index < -0.39 is 0 Å². The molecule has 0 saturated carbocycles. The van der Waals surface area contributed by atoms with Crippen molar-refractivity contribution in [2.75, 3.05) is 12.4 Å². The van der Waals surface area contributed by atoms with Gasteiger partial charge in [-0.15, -0.1) is 5.10 Å². The molecule has 22 heavy (non-hydrogen) atoms. The van der Waals surface area contributed by atoms with E-state index in [0.29, 0.717) is 5.69 Å². The summed E-state index contributed by atoms with van der Waals surface area (Å²) >= 11 is 0. The average molecular weight is 294 g/mol. The van der Waals surface area contributed by atoms with Crippen molar-refractivity contribution in [1.82, 2.24) is 15.0 Å². The number of amides is 1. The minimum atomic E-state index is -0.313. The first-order valence-corrected chi connectivity index (χ1v) is 6.69. The molecule has 0 bridgehead atoms. The molecule has 1 amide bonds. The summed E-state index contributed by atoms with van der Waals surface area (Å²) < 4.78 is 5.07. The minimum absolute atomic E-state index is 0.250. The third-order valence-corrected chi connectivity index (χ3v) is 3.06. The molecule has 0 spiro atoms. The molecule has 0 aliphatic rings. The Hall–Kier alpha value is -3.15. The fraction of sp³-hybridized carbons (Fsp3) is 0.0625. The maximum absolute atomic E-state index is 12.2. The van der Waals surface area contributed by atoms with Crippen LogP contribution in [-0.2, 0) is 0 Å². The molecule has 0 saturated heterocycles. The number of nitrogens with one attached hydrogen (secondary N) is 1. The molecule has 0 fully saturated rings. The number of hydrogen-bond acceptors (Lipinski definition) is 4. The number of nitrogens with zero attached hydrogens (tertiary/aromatic N) is 3. The van der Waals surface area contributed by atoms with E-state index in [4.69, 9.17) is 4.74 Å². The highest BCUT2D eigenvalue weighted by molar-refractivity contribution is 6.02. The number of benzene rings is 2. The van der Waals surface area contributed by atoms with Crippen LogP contribution < -0.4 is 10.1 Å². The van der Waals surface area contributed by atoms with E-state index in [0.717, 1.165) is 11.4 Å². The van der Waals surface area contributed by atoms with Crippen LogP contribution in [0.4, 0.5) is 5.69 Å². The molecule has 3 rings (SSSR count). The van der Waals surface area contributed by atoms with Gasteiger partial charge in [0.15, 0.2) is 5.69 Å². The van der Waals surface area contributed by atoms with Crippen molar-refractivity contribution < 1.29 is 9.53 Å². The van der Waals surface area contributed by atoms with Gasteiger partial charge >= 0.3 is 0 Å². The van der Waals surface area contributed by atoms with Gasteiger partial charge in [-0.3, -0.25) is 4.79 Å². The summed E-state index contributed by atoms with van der Waals surface area (Å²) in [6.07, 6.45) is 1.44. The van der Waals surface area contributed by atoms with Crippen LogP contribution in [-0.4, -0.2) is 28.0 Å². The molecule has 1 N–H and O–H groups in total. The van der Waals surface area contributed by atoms with Gasteiger partial charge in [0, 0.05) is 5.69 Å². The highest BCUT2D eigenvalue weighted by Crippen LogP contribution is 2.15. The van der Waals surface area contributed by atoms with Crippen molar-refractivity contribution in [2.45, 2.75) is 0 Å². The zero-order chi connectivity index (χ0) is 15.4. The third kappa shape index (κ3) is 2.95. The predicted octanol–water partition coefficient (Wildman–Crippen LogP) is 2.53. The van der Waals surface area contributed by atoms with Crippen LogP contribution in [0.1, 0.15) is 10.5 Å². The Bertz CT molecular complexity index is 766. The molecular formula is C16H14N4O2. The van der Waals surface area contributed by atoms with E-state index in [1.165, 1.54) is 11.0 Å². The zero-order valence-corrected chi connectivity index (χ0v) is 11.9. The van der Waals surface area contributed by atoms with Gasteiger partial charge in [0.2, 0.25) is 0 Å². The average Bonchev–Trinajstić information content (AvgIpc) is 3.06. The number of carbonyl (C=O) groups is 1. The summed E-state index contributed by atoms with van der Waals surface area (Å²) in [5, 5.41) is 11.0. The van der Waals surface area contributed by atoms with Crippen molar-refractivity contribution in [3.8, 4) is 11.4 Å². The summed E-state index contributed by atoms with van der Waals surface area (Å²) in [6, 6.07) is 16.5. The van der Waals surface area contributed by atoms with Crippen LogP contribution in [0.2, 0.25) is 0 Å². The molecule has 6 heteroatoms. The molecule has 2 aromatic carbocycles.